The van der Waals surface area contributed by atoms with Crippen molar-refractivity contribution in [3.8, 4) is 11.5 Å². The van der Waals surface area contributed by atoms with Gasteiger partial charge in [0.2, 0.25) is 5.89 Å². The third-order valence-corrected chi connectivity index (χ3v) is 8.43. The van der Waals surface area contributed by atoms with E-state index < -0.39 is 5.54 Å². The molecule has 2 atom stereocenters. The summed E-state index contributed by atoms with van der Waals surface area (Å²) in [4.78, 5) is 4.63. The second kappa shape index (κ2) is 11.8. The summed E-state index contributed by atoms with van der Waals surface area (Å²) in [6.45, 7) is 0.561. The number of para-hydroxylation sites is 2. The van der Waals surface area contributed by atoms with Crippen LogP contribution in [0.2, 0.25) is 0 Å². The summed E-state index contributed by atoms with van der Waals surface area (Å²) in [6, 6.07) is 48.9. The van der Waals surface area contributed by atoms with Gasteiger partial charge in [0.05, 0.1) is 18.2 Å². The van der Waals surface area contributed by atoms with Crippen LogP contribution in [-0.4, -0.2) is 17.1 Å². The predicted molar refractivity (Wildman–Crippen MR) is 168 cm³/mol. The van der Waals surface area contributed by atoms with E-state index in [1.54, 1.807) is 0 Å². The monoisotopic (exact) mass is 550 g/mol. The molecule has 0 bridgehead atoms. The van der Waals surface area contributed by atoms with Gasteiger partial charge < -0.3 is 9.15 Å². The first-order valence-electron chi connectivity index (χ1n) is 14.8. The highest BCUT2D eigenvalue weighted by Crippen LogP contribution is 2.39. The highest BCUT2D eigenvalue weighted by Gasteiger charge is 2.41. The molecule has 5 aromatic carbocycles. The molecule has 1 aliphatic rings. The summed E-state index contributed by atoms with van der Waals surface area (Å²) in [5.74, 6) is 0.641. The largest absolute Gasteiger partial charge is 0.436 e. The zero-order chi connectivity index (χ0) is 28.2. The molecule has 42 heavy (non-hydrogen) atoms. The Bertz CT molecular complexity index is 1600. The fourth-order valence-electron chi connectivity index (χ4n) is 6.33. The van der Waals surface area contributed by atoms with Crippen LogP contribution >= 0.6 is 0 Å². The Morgan fingerprint density at radius 3 is 1.83 bits per heavy atom. The van der Waals surface area contributed by atoms with Gasteiger partial charge in [-0.25, -0.2) is 4.98 Å². The van der Waals surface area contributed by atoms with Gasteiger partial charge in [0, 0.05) is 11.6 Å². The zero-order valence-electron chi connectivity index (χ0n) is 23.5. The van der Waals surface area contributed by atoms with Crippen LogP contribution in [0.15, 0.2) is 144 Å². The molecule has 0 amide bonds. The highest BCUT2D eigenvalue weighted by atomic mass is 16.5. The van der Waals surface area contributed by atoms with E-state index in [1.807, 2.05) is 24.3 Å². The first kappa shape index (κ1) is 26.4. The van der Waals surface area contributed by atoms with E-state index in [9.17, 15) is 0 Å². The van der Waals surface area contributed by atoms with E-state index in [4.69, 9.17) is 9.15 Å². The van der Waals surface area contributed by atoms with E-state index in [0.717, 1.165) is 41.5 Å². The number of ether oxygens (including phenoxy) is 1. The van der Waals surface area contributed by atoms with Crippen molar-refractivity contribution in [2.75, 3.05) is 0 Å². The molecule has 1 heterocycles. The second-order valence-electron chi connectivity index (χ2n) is 11.1. The van der Waals surface area contributed by atoms with Gasteiger partial charge >= 0.3 is 0 Å². The summed E-state index contributed by atoms with van der Waals surface area (Å²) in [5, 5.41) is 4.16. The van der Waals surface area contributed by atoms with Crippen LogP contribution in [0, 0.1) is 0 Å². The second-order valence-corrected chi connectivity index (χ2v) is 11.1. The summed E-state index contributed by atoms with van der Waals surface area (Å²) >= 11 is 0. The number of oxazole rings is 1. The van der Waals surface area contributed by atoms with Gasteiger partial charge in [0.1, 0.15) is 5.52 Å². The Morgan fingerprint density at radius 1 is 0.667 bits per heavy atom. The molecule has 208 valence electrons. The van der Waals surface area contributed by atoms with E-state index >= 15 is 0 Å². The molecule has 0 saturated heterocycles. The molecule has 0 radical (unpaired) electrons. The normalized spacial score (nSPS) is 17.0. The molecule has 0 unspecified atom stereocenters. The quantitative estimate of drug-likeness (QED) is 0.183. The number of fused-ring (bicyclic) bond motifs is 1. The molecule has 1 fully saturated rings. The first-order chi connectivity index (χ1) is 20.8. The maximum absolute atomic E-state index is 6.65. The minimum absolute atomic E-state index is 0.109. The SMILES string of the molecule is c1ccc(C(N[C@@H]2CCC[C@H]2OCc2ccc(-c3nc4ccccc4o3)cc2)(c2ccccc2)c2ccccc2)cc1. The lowest BCUT2D eigenvalue weighted by Gasteiger charge is -2.40. The number of hydrogen-bond acceptors (Lipinski definition) is 4. The van der Waals surface area contributed by atoms with Crippen molar-refractivity contribution in [1.82, 2.24) is 10.3 Å². The van der Waals surface area contributed by atoms with Crippen molar-refractivity contribution >= 4 is 11.1 Å². The first-order valence-corrected chi connectivity index (χ1v) is 14.8. The molecule has 0 spiro atoms. The van der Waals surface area contributed by atoms with Gasteiger partial charge in [-0.3, -0.25) is 5.32 Å². The molecule has 4 nitrogen and oxygen atoms in total. The van der Waals surface area contributed by atoms with Gasteiger partial charge in [0.15, 0.2) is 5.58 Å². The number of aromatic nitrogens is 1. The van der Waals surface area contributed by atoms with Gasteiger partial charge in [-0.2, -0.15) is 0 Å². The average Bonchev–Trinajstić information content (AvgIpc) is 3.71. The Kier molecular flexibility index (Phi) is 7.40. The van der Waals surface area contributed by atoms with Crippen molar-refractivity contribution in [2.24, 2.45) is 0 Å². The Labute approximate surface area is 247 Å². The lowest BCUT2D eigenvalue weighted by atomic mass is 9.76. The number of benzene rings is 5. The number of rotatable bonds is 9. The van der Waals surface area contributed by atoms with E-state index in [0.29, 0.717) is 12.5 Å². The molecular formula is C38H34N2O2. The molecule has 7 rings (SSSR count). The zero-order valence-corrected chi connectivity index (χ0v) is 23.5. The van der Waals surface area contributed by atoms with Gasteiger partial charge in [-0.05, 0) is 65.8 Å². The molecule has 1 aromatic heterocycles. The number of nitrogens with zero attached hydrogens (tertiary/aromatic N) is 1. The van der Waals surface area contributed by atoms with Crippen LogP contribution in [0.4, 0.5) is 0 Å². The molecule has 1 aliphatic carbocycles. The van der Waals surface area contributed by atoms with Gasteiger partial charge in [-0.1, -0.05) is 115 Å². The van der Waals surface area contributed by atoms with Crippen molar-refractivity contribution in [3.05, 3.63) is 162 Å². The van der Waals surface area contributed by atoms with Crippen LogP contribution in [0.25, 0.3) is 22.6 Å². The van der Waals surface area contributed by atoms with Crippen LogP contribution in [-0.2, 0) is 16.9 Å². The summed E-state index contributed by atoms with van der Waals surface area (Å²) in [7, 11) is 0. The minimum Gasteiger partial charge on any atom is -0.436 e. The number of nitrogens with one attached hydrogen (secondary N) is 1. The number of hydrogen-bond donors (Lipinski definition) is 1. The fraction of sp³-hybridized carbons (Fsp3) is 0.184. The van der Waals surface area contributed by atoms with Crippen LogP contribution in [0.5, 0.6) is 0 Å². The third-order valence-electron chi connectivity index (χ3n) is 8.43. The summed E-state index contributed by atoms with van der Waals surface area (Å²) in [6.07, 6.45) is 3.34. The van der Waals surface area contributed by atoms with Crippen molar-refractivity contribution < 1.29 is 9.15 Å². The summed E-state index contributed by atoms with van der Waals surface area (Å²) < 4.78 is 12.6. The average molecular weight is 551 g/mol. The van der Waals surface area contributed by atoms with Gasteiger partial charge in [-0.15, -0.1) is 0 Å². The molecule has 4 heteroatoms. The Hall–Kier alpha value is -4.51. The smallest absolute Gasteiger partial charge is 0.227 e. The molecule has 1 N–H and O–H groups in total. The topological polar surface area (TPSA) is 47.3 Å². The van der Waals surface area contributed by atoms with E-state index in [2.05, 4.69) is 126 Å². The molecule has 1 saturated carbocycles. The van der Waals surface area contributed by atoms with Crippen molar-refractivity contribution in [2.45, 2.75) is 43.6 Å². The predicted octanol–water partition coefficient (Wildman–Crippen LogP) is 8.51. The van der Waals surface area contributed by atoms with Gasteiger partial charge in [0.25, 0.3) is 0 Å². The lowest BCUT2D eigenvalue weighted by Crippen LogP contribution is -2.52. The maximum atomic E-state index is 6.65. The fourth-order valence-corrected chi connectivity index (χ4v) is 6.33. The maximum Gasteiger partial charge on any atom is 0.227 e. The van der Waals surface area contributed by atoms with E-state index in [1.165, 1.54) is 16.7 Å². The summed E-state index contributed by atoms with van der Waals surface area (Å²) in [5.41, 5.74) is 6.96. The molecule has 6 aromatic rings. The highest BCUT2D eigenvalue weighted by molar-refractivity contribution is 5.76. The third kappa shape index (κ3) is 5.16. The molecule has 0 aliphatic heterocycles. The Balaban J connectivity index is 1.13. The van der Waals surface area contributed by atoms with Crippen molar-refractivity contribution in [1.29, 1.82) is 0 Å². The van der Waals surface area contributed by atoms with Crippen LogP contribution in [0.1, 0.15) is 41.5 Å². The van der Waals surface area contributed by atoms with Crippen LogP contribution in [0.3, 0.4) is 0 Å². The Morgan fingerprint density at radius 2 is 1.24 bits per heavy atom. The molecular weight excluding hydrogens is 516 g/mol. The lowest BCUT2D eigenvalue weighted by molar-refractivity contribution is 0.0234. The van der Waals surface area contributed by atoms with E-state index in [-0.39, 0.29) is 12.1 Å². The van der Waals surface area contributed by atoms with Crippen LogP contribution < -0.4 is 5.32 Å². The minimum atomic E-state index is -0.498. The standard InChI is InChI=1S/C38H34N2O2/c1-4-13-30(14-5-1)38(31-15-6-2-7-16-31,32-17-8-3-9-18-32)40-34-20-12-22-35(34)41-27-28-23-25-29(26-24-28)37-39-33-19-10-11-21-36(33)42-37/h1-11,13-19,21,23-26,34-35,40H,12,20,22,27H2/t34-,35-/m1/s1. The van der Waals surface area contributed by atoms with Crippen molar-refractivity contribution in [3.63, 3.8) is 0 Å².